The van der Waals surface area contributed by atoms with E-state index in [1.54, 1.807) is 6.92 Å². The molecule has 0 amide bonds. The zero-order valence-electron chi connectivity index (χ0n) is 14.6. The van der Waals surface area contributed by atoms with Gasteiger partial charge >= 0.3 is 13.8 Å². The first-order valence-electron chi connectivity index (χ1n) is 8.27. The first-order chi connectivity index (χ1) is 12.4. The normalized spacial score (nSPS) is 22.6. The van der Waals surface area contributed by atoms with Crippen molar-refractivity contribution in [3.63, 3.8) is 0 Å². The number of ether oxygens (including phenoxy) is 1. The molecule has 2 unspecified atom stereocenters. The first-order valence-corrected chi connectivity index (χ1v) is 9.73. The lowest BCUT2D eigenvalue weighted by Gasteiger charge is -2.11. The van der Waals surface area contributed by atoms with Gasteiger partial charge in [0.25, 0.3) is 0 Å². The van der Waals surface area contributed by atoms with E-state index in [4.69, 9.17) is 23.7 Å². The maximum Gasteiger partial charge on any atom is 0.475 e. The minimum Gasteiger partial charge on any atom is -0.458 e. The fourth-order valence-corrected chi connectivity index (χ4v) is 4.16. The third-order valence-electron chi connectivity index (χ3n) is 3.98. The van der Waals surface area contributed by atoms with Crippen LogP contribution in [0.25, 0.3) is 10.9 Å². The molecule has 2 heterocycles. The summed E-state index contributed by atoms with van der Waals surface area (Å²) >= 11 is 0. The van der Waals surface area contributed by atoms with Gasteiger partial charge in [-0.05, 0) is 18.6 Å². The number of esters is 1. The van der Waals surface area contributed by atoms with E-state index >= 15 is 0 Å². The number of para-hydroxylation sites is 1. The molecule has 1 aromatic carbocycles. The molecule has 0 radical (unpaired) electrons. The highest BCUT2D eigenvalue weighted by atomic mass is 31.2. The molecule has 1 fully saturated rings. The Hall–Kier alpha value is -1.99. The van der Waals surface area contributed by atoms with Crippen molar-refractivity contribution in [2.45, 2.75) is 19.4 Å². The highest BCUT2D eigenvalue weighted by molar-refractivity contribution is 7.48. The van der Waals surface area contributed by atoms with Crippen LogP contribution in [0.3, 0.4) is 0 Å². The number of phosphoric acid groups is 1. The van der Waals surface area contributed by atoms with Crippen molar-refractivity contribution >= 4 is 30.4 Å². The van der Waals surface area contributed by atoms with Crippen molar-refractivity contribution < 1.29 is 27.7 Å². The van der Waals surface area contributed by atoms with Crippen LogP contribution in [0.1, 0.15) is 12.5 Å². The van der Waals surface area contributed by atoms with E-state index < -0.39 is 19.9 Å². The van der Waals surface area contributed by atoms with Crippen LogP contribution in [-0.2, 0) is 41.1 Å². The van der Waals surface area contributed by atoms with Gasteiger partial charge in [-0.1, -0.05) is 18.2 Å². The van der Waals surface area contributed by atoms with Crippen molar-refractivity contribution in [2.24, 2.45) is 7.05 Å². The minimum atomic E-state index is -3.54. The largest absolute Gasteiger partial charge is 0.475 e. The molecule has 3 rings (SSSR count). The molecule has 0 aliphatic carbocycles. The van der Waals surface area contributed by atoms with Gasteiger partial charge < -0.3 is 9.30 Å². The van der Waals surface area contributed by atoms with Crippen molar-refractivity contribution in [1.29, 1.82) is 5.41 Å². The van der Waals surface area contributed by atoms with Crippen LogP contribution in [0.2, 0.25) is 0 Å². The van der Waals surface area contributed by atoms with Crippen molar-refractivity contribution in [1.82, 2.24) is 4.57 Å². The van der Waals surface area contributed by atoms with E-state index in [9.17, 15) is 9.36 Å². The zero-order valence-corrected chi connectivity index (χ0v) is 15.5. The van der Waals surface area contributed by atoms with Crippen LogP contribution in [0.4, 0.5) is 0 Å². The van der Waals surface area contributed by atoms with E-state index in [0.717, 1.165) is 16.5 Å². The fourth-order valence-electron chi connectivity index (χ4n) is 2.81. The highest BCUT2D eigenvalue weighted by Crippen LogP contribution is 2.54. The number of fused-ring (bicyclic) bond motifs is 1. The molecule has 140 valence electrons. The van der Waals surface area contributed by atoms with E-state index in [2.05, 4.69) is 0 Å². The number of hydrogen-bond donors (Lipinski definition) is 1. The predicted octanol–water partition coefficient (Wildman–Crippen LogP) is 2.84. The minimum absolute atomic E-state index is 0.0151. The average molecular weight is 380 g/mol. The molecule has 2 aromatic rings. The molecular formula is C17H21N2O6P. The number of nitrogens with zero attached hydrogens (tertiary/aromatic N) is 1. The number of benzene rings is 1. The quantitative estimate of drug-likeness (QED) is 0.450. The van der Waals surface area contributed by atoms with Gasteiger partial charge in [-0.3, -0.25) is 19.0 Å². The Morgan fingerprint density at radius 2 is 2.19 bits per heavy atom. The number of aryl methyl sites for hydroxylation is 1. The maximum atomic E-state index is 12.1. The molecule has 1 aromatic heterocycles. The van der Waals surface area contributed by atoms with Gasteiger partial charge in [-0.25, -0.2) is 9.36 Å². The topological polar surface area (TPSA) is 99.8 Å². The Kier molecular flexibility index (Phi) is 5.58. The summed E-state index contributed by atoms with van der Waals surface area (Å²) in [5.41, 5.74) is 1.76. The van der Waals surface area contributed by atoms with Crippen LogP contribution in [0, 0.1) is 5.41 Å². The number of phosphoric ester groups is 1. The lowest BCUT2D eigenvalue weighted by atomic mass is 10.1. The lowest BCUT2D eigenvalue weighted by molar-refractivity contribution is -0.137. The number of rotatable bonds is 7. The molecule has 9 heteroatoms. The maximum absolute atomic E-state index is 12.1. The molecule has 0 spiro atoms. The van der Waals surface area contributed by atoms with Crippen LogP contribution < -0.4 is 0 Å². The molecule has 26 heavy (non-hydrogen) atoms. The summed E-state index contributed by atoms with van der Waals surface area (Å²) in [7, 11) is -1.62. The second kappa shape index (κ2) is 7.72. The van der Waals surface area contributed by atoms with Crippen LogP contribution in [0.15, 0.2) is 30.5 Å². The van der Waals surface area contributed by atoms with Gasteiger partial charge in [0.05, 0.1) is 13.2 Å². The van der Waals surface area contributed by atoms with E-state index in [1.165, 1.54) is 0 Å². The van der Waals surface area contributed by atoms with Crippen molar-refractivity contribution in [2.75, 3.05) is 19.8 Å². The summed E-state index contributed by atoms with van der Waals surface area (Å²) in [6.07, 6.45) is 1.40. The van der Waals surface area contributed by atoms with Gasteiger partial charge in [0.2, 0.25) is 0 Å². The van der Waals surface area contributed by atoms with Crippen LogP contribution >= 0.6 is 7.82 Å². The van der Waals surface area contributed by atoms with E-state index in [-0.39, 0.29) is 32.0 Å². The molecule has 0 bridgehead atoms. The molecule has 0 saturated carbocycles. The monoisotopic (exact) mass is 380 g/mol. The highest BCUT2D eigenvalue weighted by Gasteiger charge is 2.39. The van der Waals surface area contributed by atoms with E-state index in [0.29, 0.717) is 0 Å². The number of hydrogen-bond acceptors (Lipinski definition) is 7. The van der Waals surface area contributed by atoms with Crippen LogP contribution in [0.5, 0.6) is 0 Å². The number of nitrogens with one attached hydrogen (secondary N) is 1. The Morgan fingerprint density at radius 1 is 1.42 bits per heavy atom. The van der Waals surface area contributed by atoms with Gasteiger partial charge in [0.1, 0.15) is 18.4 Å². The fraction of sp³-hybridized carbons (Fsp3) is 0.412. The molecule has 1 saturated heterocycles. The standard InChI is InChI=1S/C17H21N2O6P/c1-3-23-26(21)24-11-13(25-26)10-22-17(20)15(18)8-12-9-19(2)16-7-5-4-6-14(12)16/h4-7,9,13,18H,3,8,10-11H2,1-2H3. The summed E-state index contributed by atoms with van der Waals surface area (Å²) in [5, 5.41) is 9.00. The predicted molar refractivity (Wildman–Crippen MR) is 95.4 cm³/mol. The van der Waals surface area contributed by atoms with Gasteiger partial charge in [0, 0.05) is 30.6 Å². The second-order valence-electron chi connectivity index (χ2n) is 5.92. The molecule has 1 aliphatic heterocycles. The molecular weight excluding hydrogens is 359 g/mol. The second-order valence-corrected chi connectivity index (χ2v) is 7.55. The molecule has 8 nitrogen and oxygen atoms in total. The Labute approximate surface area is 151 Å². The van der Waals surface area contributed by atoms with Crippen LogP contribution in [-0.4, -0.2) is 42.2 Å². The van der Waals surface area contributed by atoms with E-state index in [1.807, 2.05) is 42.1 Å². The first kappa shape index (κ1) is 18.8. The lowest BCUT2D eigenvalue weighted by Crippen LogP contribution is -2.25. The van der Waals surface area contributed by atoms with Gasteiger partial charge in [-0.2, -0.15) is 0 Å². The third kappa shape index (κ3) is 4.04. The summed E-state index contributed by atoms with van der Waals surface area (Å²) < 4.78 is 34.1. The summed E-state index contributed by atoms with van der Waals surface area (Å²) in [6, 6.07) is 7.80. The summed E-state index contributed by atoms with van der Waals surface area (Å²) in [4.78, 5) is 12.1. The average Bonchev–Trinajstić information content (AvgIpc) is 3.14. The third-order valence-corrected chi connectivity index (χ3v) is 5.57. The smallest absolute Gasteiger partial charge is 0.458 e. The van der Waals surface area contributed by atoms with Gasteiger partial charge in [-0.15, -0.1) is 0 Å². The Morgan fingerprint density at radius 3 is 2.96 bits per heavy atom. The summed E-state index contributed by atoms with van der Waals surface area (Å²) in [5.74, 6) is -0.736. The van der Waals surface area contributed by atoms with Crippen molar-refractivity contribution in [3.8, 4) is 0 Å². The van der Waals surface area contributed by atoms with Gasteiger partial charge in [0.15, 0.2) is 0 Å². The SMILES string of the molecule is CCOP1(=O)OCC(COC(=O)C(=N)Cc2cn(C)c3ccccc23)O1. The number of carbonyl (C=O) groups excluding carboxylic acids is 1. The Bertz CT molecular complexity index is 877. The molecule has 2 atom stereocenters. The molecule has 1 aliphatic rings. The molecule has 1 N–H and O–H groups in total. The zero-order chi connectivity index (χ0) is 18.7. The number of carbonyl (C=O) groups is 1. The number of aromatic nitrogens is 1. The Balaban J connectivity index is 1.55. The van der Waals surface area contributed by atoms with Crippen molar-refractivity contribution in [3.05, 3.63) is 36.0 Å². The summed E-state index contributed by atoms with van der Waals surface area (Å²) in [6.45, 7) is 1.74.